The zero-order valence-corrected chi connectivity index (χ0v) is 63.7. The summed E-state index contributed by atoms with van der Waals surface area (Å²) in [6, 6.07) is 34.7. The van der Waals surface area contributed by atoms with Crippen LogP contribution in [0.5, 0.6) is 0 Å². The second-order valence-corrected chi connectivity index (χ2v) is 14.5. The molecule has 5 radical (unpaired) electrons. The fourth-order valence-corrected chi connectivity index (χ4v) is 5.34. The topological polar surface area (TPSA) is 102 Å². The van der Waals surface area contributed by atoms with E-state index in [4.69, 9.17) is 0 Å². The van der Waals surface area contributed by atoms with Gasteiger partial charge in [0.05, 0.1) is 52.8 Å². The van der Waals surface area contributed by atoms with Gasteiger partial charge in [-0.2, -0.15) is 74.3 Å². The molecule has 0 saturated heterocycles. The SMILES string of the molecule is C.C.C[CH-]C.C[CH-]C.C[CH-]C.C[CH-]C.C[CH-]C.Cn1cc2ccccc2n1.Cn1ccc2ccccc21.Cn1cnc2ccccc21.Cn1cnc2ccccc21.Cn1cnc2ncncc21.[CH3-].[CH3-].[CH3-].[CH3-].[CH3-].[Y].[Y].[Y].[Y].[Y]. The van der Waals surface area contributed by atoms with Crippen LogP contribution in [0.1, 0.15) is 84.1 Å². The Hall–Kier alpha value is -1.10. The number of rotatable bonds is 0. The predicted octanol–water partition coefficient (Wildman–Crippen LogP) is 16.9. The Morgan fingerprint density at radius 2 is 0.701 bits per heavy atom. The first kappa shape index (κ1) is 104. The molecule has 10 aromatic rings. The van der Waals surface area contributed by atoms with Crippen LogP contribution < -0.4 is 0 Å². The van der Waals surface area contributed by atoms with Crippen molar-refractivity contribution in [2.75, 3.05) is 0 Å². The van der Waals surface area contributed by atoms with Crippen LogP contribution in [0.4, 0.5) is 0 Å². The first-order valence-electron chi connectivity index (χ1n) is 21.8. The first-order valence-corrected chi connectivity index (χ1v) is 21.8. The maximum absolute atomic E-state index is 4.23. The summed E-state index contributed by atoms with van der Waals surface area (Å²) >= 11 is 0. The molecule has 6 aromatic heterocycles. The van der Waals surface area contributed by atoms with E-state index in [1.165, 1.54) is 33.6 Å². The van der Waals surface area contributed by atoms with Crippen LogP contribution >= 0.6 is 0 Å². The average Bonchev–Trinajstić information content (AvgIpc) is 4.16. The molecule has 16 heteroatoms. The molecule has 0 saturated carbocycles. The van der Waals surface area contributed by atoms with Crippen LogP contribution in [0.15, 0.2) is 147 Å². The molecule has 0 aliphatic heterocycles. The molecule has 6 heterocycles. The Bertz CT molecular complexity index is 2360. The van der Waals surface area contributed by atoms with Crippen molar-refractivity contribution in [1.82, 2.24) is 53.0 Å². The molecule has 11 nitrogen and oxygen atoms in total. The Kier molecular flexibility index (Phi) is 89.0. The number of aromatic nitrogens is 11. The Morgan fingerprint density at radius 1 is 0.364 bits per heavy atom. The van der Waals surface area contributed by atoms with Crippen LogP contribution in [0, 0.1) is 69.2 Å². The minimum absolute atomic E-state index is 0. The molecule has 0 bridgehead atoms. The minimum Gasteiger partial charge on any atom is -0.358 e. The maximum Gasteiger partial charge on any atom is 0.180 e. The number of hydrogen-bond donors (Lipinski definition) is 0. The summed E-state index contributed by atoms with van der Waals surface area (Å²) in [4.78, 5) is 20.2. The largest absolute Gasteiger partial charge is 0.358 e. The number of hydrogen-bond acceptors (Lipinski definition) is 6. The molecule has 10 rings (SSSR count). The van der Waals surface area contributed by atoms with Gasteiger partial charge in [-0.25, -0.2) is 24.9 Å². The van der Waals surface area contributed by atoms with E-state index >= 15 is 0 Å². The molecule has 0 amide bonds. The average molecular weight is 1430 g/mol. The van der Waals surface area contributed by atoms with Crippen molar-refractivity contribution in [3.8, 4) is 0 Å². The van der Waals surface area contributed by atoms with Gasteiger partial charge in [-0.15, -0.1) is 0 Å². The van der Waals surface area contributed by atoms with E-state index in [0.717, 1.165) is 27.7 Å². The number of nitrogens with zero attached hydrogens (tertiary/aromatic N) is 11. The summed E-state index contributed by atoms with van der Waals surface area (Å²) in [5, 5.41) is 6.74. The zero-order valence-electron chi connectivity index (χ0n) is 49.5. The molecule has 0 N–H and O–H groups in total. The van der Waals surface area contributed by atoms with Gasteiger partial charge < -0.3 is 87.5 Å². The fraction of sp³-hybridized carbons (Fsp3) is 0.279. The molecule has 0 atom stereocenters. The third kappa shape index (κ3) is 41.5. The predicted molar refractivity (Wildman–Crippen MR) is 325 cm³/mol. The van der Waals surface area contributed by atoms with Crippen molar-refractivity contribution in [2.24, 2.45) is 35.2 Å². The van der Waals surface area contributed by atoms with Crippen molar-refractivity contribution in [1.29, 1.82) is 0 Å². The Balaban J connectivity index is -0.0000000621. The van der Waals surface area contributed by atoms with Gasteiger partial charge in [0.2, 0.25) is 0 Å². The van der Waals surface area contributed by atoms with Gasteiger partial charge in [0.25, 0.3) is 0 Å². The van der Waals surface area contributed by atoms with E-state index in [1.807, 2.05) is 221 Å². The van der Waals surface area contributed by atoms with Crippen LogP contribution in [-0.4, -0.2) is 53.0 Å². The fourth-order valence-electron chi connectivity index (χ4n) is 5.34. The zero-order chi connectivity index (χ0) is 48.4. The van der Waals surface area contributed by atoms with Gasteiger partial charge in [-0.3, -0.25) is 4.68 Å². The van der Waals surface area contributed by atoms with Crippen molar-refractivity contribution >= 4 is 55.0 Å². The van der Waals surface area contributed by atoms with Crippen LogP contribution in [0.2, 0.25) is 0 Å². The smallest absolute Gasteiger partial charge is 0.180 e. The Labute approximate surface area is 598 Å². The molecule has 4 aromatic carbocycles. The molecule has 0 aliphatic carbocycles. The van der Waals surface area contributed by atoms with Crippen LogP contribution in [0.3, 0.4) is 0 Å². The van der Waals surface area contributed by atoms with Crippen LogP contribution in [0.25, 0.3) is 55.0 Å². The normalized spacial score (nSPS) is 7.99. The number of benzene rings is 4. The third-order valence-electron chi connectivity index (χ3n) is 7.99. The number of imidazole rings is 3. The summed E-state index contributed by atoms with van der Waals surface area (Å²) in [5.74, 6) is 0. The summed E-state index contributed by atoms with van der Waals surface area (Å²) in [6.45, 7) is 20.0. The summed E-state index contributed by atoms with van der Waals surface area (Å²) in [7, 11) is 9.89. The number of fused-ring (bicyclic) bond motifs is 5. The molecule has 0 unspecified atom stereocenters. The first-order chi connectivity index (χ1) is 31.4. The second-order valence-electron chi connectivity index (χ2n) is 14.5. The van der Waals surface area contributed by atoms with Crippen molar-refractivity contribution in [3.05, 3.63) is 216 Å². The van der Waals surface area contributed by atoms with Crippen molar-refractivity contribution in [2.45, 2.75) is 84.1 Å². The quantitative estimate of drug-likeness (QED) is 0.140. The molecule has 0 aliphatic rings. The van der Waals surface area contributed by atoms with Gasteiger partial charge in [-0.1, -0.05) is 75.5 Å². The van der Waals surface area contributed by atoms with E-state index < -0.39 is 0 Å². The summed E-state index contributed by atoms with van der Waals surface area (Å²) < 4.78 is 9.85. The molecular formula is C61H97N11Y5-10. The van der Waals surface area contributed by atoms with Crippen molar-refractivity contribution in [3.63, 3.8) is 0 Å². The van der Waals surface area contributed by atoms with Gasteiger partial charge in [0.1, 0.15) is 11.8 Å². The van der Waals surface area contributed by atoms with E-state index in [-0.39, 0.29) is 216 Å². The van der Waals surface area contributed by atoms with Gasteiger partial charge in [0, 0.05) is 222 Å². The molecule has 0 fully saturated rings. The minimum atomic E-state index is 0. The van der Waals surface area contributed by atoms with Gasteiger partial charge in [0.15, 0.2) is 5.65 Å². The molecular weight excluding hydrogens is 1330 g/mol. The molecule has 421 valence electrons. The Morgan fingerprint density at radius 3 is 1.08 bits per heavy atom. The van der Waals surface area contributed by atoms with E-state index in [2.05, 4.69) is 96.4 Å². The molecule has 77 heavy (non-hydrogen) atoms. The maximum atomic E-state index is 4.23. The molecule has 0 spiro atoms. The van der Waals surface area contributed by atoms with E-state index in [0.29, 0.717) is 0 Å². The second kappa shape index (κ2) is 65.7. The van der Waals surface area contributed by atoms with Gasteiger partial charge in [-0.05, 0) is 47.9 Å². The monoisotopic (exact) mass is 1430 g/mol. The number of para-hydroxylation sites is 5. The standard InChI is InChI=1S/C9H9N.3C8H8N2.C6H6N4.5C3H7.2CH4.5CH3.5Y/c1-10-7-6-8-4-2-3-5-9(8)10;2*1-10-6-9-7-4-2-3-5-8(7)10;1-10-6-7-4-2-3-5-8(7)9-10;1-10-4-9-6-5(10)2-7-3-8-6;5*1-3-2;;;;;;;;;;;;/h2-7H,1H3;3*2-6H,1H3;2-4H,1H3;5*3H,1-2H3;2*1H4;5*1H3;;;;;/q;;;;;5*-1;;;5*-1;;;;;. The van der Waals surface area contributed by atoms with Gasteiger partial charge >= 0.3 is 0 Å². The van der Waals surface area contributed by atoms with Crippen molar-refractivity contribution < 1.29 is 164 Å². The third-order valence-corrected chi connectivity index (χ3v) is 7.99. The van der Waals surface area contributed by atoms with E-state index in [1.54, 1.807) is 12.5 Å². The summed E-state index contributed by atoms with van der Waals surface area (Å²) in [6.07, 6.45) is 22.7. The summed E-state index contributed by atoms with van der Waals surface area (Å²) in [5.41, 5.74) is 8.55. The van der Waals surface area contributed by atoms with E-state index in [9.17, 15) is 0 Å². The van der Waals surface area contributed by atoms with Crippen LogP contribution in [-0.2, 0) is 199 Å². The number of aryl methyl sites for hydroxylation is 5.